The minimum absolute atomic E-state index is 0.207. The van der Waals surface area contributed by atoms with E-state index in [1.807, 2.05) is 24.3 Å². The lowest BCUT2D eigenvalue weighted by Gasteiger charge is -2.06. The molecule has 27 heavy (non-hydrogen) atoms. The van der Waals surface area contributed by atoms with Gasteiger partial charge in [-0.05, 0) is 59.7 Å². The van der Waals surface area contributed by atoms with Crippen LogP contribution in [0.5, 0.6) is 5.75 Å². The van der Waals surface area contributed by atoms with Gasteiger partial charge in [-0.2, -0.15) is 0 Å². The van der Waals surface area contributed by atoms with Crippen LogP contribution in [0.15, 0.2) is 58.4 Å². The lowest BCUT2D eigenvalue weighted by molar-refractivity contribution is -0.307. The van der Waals surface area contributed by atoms with E-state index in [1.165, 1.54) is 17.3 Å². The Morgan fingerprint density at radius 1 is 1.19 bits per heavy atom. The average molecular weight is 381 g/mol. The molecule has 0 spiro atoms. The molecule has 1 aliphatic rings. The van der Waals surface area contributed by atoms with Crippen LogP contribution in [-0.2, 0) is 16.0 Å². The summed E-state index contributed by atoms with van der Waals surface area (Å²) in [7, 11) is 0. The third kappa shape index (κ3) is 5.21. The number of rotatable bonds is 6. The maximum Gasteiger partial charge on any atom is 0.264 e. The van der Waals surface area contributed by atoms with Gasteiger partial charge in [0.15, 0.2) is 5.17 Å². The van der Waals surface area contributed by atoms with Gasteiger partial charge in [0, 0.05) is 0 Å². The van der Waals surface area contributed by atoms with Crippen molar-refractivity contribution < 1.29 is 19.4 Å². The predicted octanol–water partition coefficient (Wildman–Crippen LogP) is 2.27. The number of ether oxygens (including phenoxy) is 1. The van der Waals surface area contributed by atoms with Crippen molar-refractivity contribution in [1.29, 1.82) is 0 Å². The average Bonchev–Trinajstić information content (AvgIpc) is 3.00. The number of thioether (sulfide) groups is 1. The molecule has 2 aromatic carbocycles. The van der Waals surface area contributed by atoms with Gasteiger partial charge in [0.05, 0.1) is 16.6 Å². The van der Waals surface area contributed by atoms with Gasteiger partial charge in [-0.1, -0.05) is 31.2 Å². The molecule has 1 fully saturated rings. The summed E-state index contributed by atoms with van der Waals surface area (Å²) in [4.78, 5) is 27.5. The molecule has 3 rings (SSSR count). The molecule has 6 nitrogen and oxygen atoms in total. The SMILES string of the molecule is CCc1ccc(N=C2NC(=O)/C(=C\c3ccc(OCC(=O)[O-])cc3)S2)cc1. The first-order valence-electron chi connectivity index (χ1n) is 8.34. The molecule has 1 amide bonds. The van der Waals surface area contributed by atoms with Gasteiger partial charge in [-0.15, -0.1) is 0 Å². The van der Waals surface area contributed by atoms with Crippen molar-refractivity contribution in [2.75, 3.05) is 6.61 Å². The third-order valence-corrected chi connectivity index (χ3v) is 4.67. The second-order valence-corrected chi connectivity index (χ2v) is 6.76. The fraction of sp³-hybridized carbons (Fsp3) is 0.150. The first-order chi connectivity index (χ1) is 13.0. The fourth-order valence-corrected chi connectivity index (χ4v) is 3.20. The van der Waals surface area contributed by atoms with Crippen molar-refractivity contribution in [3.8, 4) is 5.75 Å². The normalized spacial score (nSPS) is 16.6. The Bertz CT molecular complexity index is 903. The number of aliphatic imine (C=N–C) groups is 1. The van der Waals surface area contributed by atoms with E-state index in [0.29, 0.717) is 15.8 Å². The van der Waals surface area contributed by atoms with Crippen LogP contribution in [0.4, 0.5) is 5.69 Å². The second kappa shape index (κ2) is 8.55. The predicted molar refractivity (Wildman–Crippen MR) is 104 cm³/mol. The van der Waals surface area contributed by atoms with E-state index in [9.17, 15) is 14.7 Å². The number of carbonyl (C=O) groups excluding carboxylic acids is 2. The van der Waals surface area contributed by atoms with Gasteiger partial charge in [0.2, 0.25) is 0 Å². The number of nitrogens with one attached hydrogen (secondary N) is 1. The summed E-state index contributed by atoms with van der Waals surface area (Å²) < 4.78 is 5.03. The van der Waals surface area contributed by atoms with Gasteiger partial charge >= 0.3 is 0 Å². The van der Waals surface area contributed by atoms with Crippen LogP contribution >= 0.6 is 11.8 Å². The molecule has 2 aromatic rings. The molecule has 1 N–H and O–H groups in total. The highest BCUT2D eigenvalue weighted by molar-refractivity contribution is 8.18. The monoisotopic (exact) mass is 381 g/mol. The molecule has 1 aliphatic heterocycles. The Labute approximate surface area is 161 Å². The summed E-state index contributed by atoms with van der Waals surface area (Å²) >= 11 is 1.27. The number of aliphatic carboxylic acids is 1. The Kier molecular flexibility index (Phi) is 5.93. The van der Waals surface area contributed by atoms with Crippen LogP contribution in [0, 0.1) is 0 Å². The van der Waals surface area contributed by atoms with Crippen molar-refractivity contribution in [3.05, 3.63) is 64.6 Å². The first kappa shape index (κ1) is 18.7. The molecular formula is C20H17N2O4S-. The summed E-state index contributed by atoms with van der Waals surface area (Å²) in [5.74, 6) is -1.07. The van der Waals surface area contributed by atoms with Crippen LogP contribution in [0.3, 0.4) is 0 Å². The van der Waals surface area contributed by atoms with Crippen molar-refractivity contribution in [2.45, 2.75) is 13.3 Å². The molecule has 7 heteroatoms. The maximum atomic E-state index is 12.1. The van der Waals surface area contributed by atoms with E-state index in [-0.39, 0.29) is 5.91 Å². The van der Waals surface area contributed by atoms with Gasteiger partial charge in [-0.3, -0.25) is 4.79 Å². The van der Waals surface area contributed by atoms with E-state index in [0.717, 1.165) is 17.7 Å². The molecule has 1 saturated heterocycles. The van der Waals surface area contributed by atoms with E-state index in [2.05, 4.69) is 17.2 Å². The largest absolute Gasteiger partial charge is 0.546 e. The van der Waals surface area contributed by atoms with Gasteiger partial charge in [0.1, 0.15) is 12.4 Å². The van der Waals surface area contributed by atoms with Gasteiger partial charge < -0.3 is 20.0 Å². The van der Waals surface area contributed by atoms with Gasteiger partial charge in [0.25, 0.3) is 5.91 Å². The van der Waals surface area contributed by atoms with E-state index < -0.39 is 12.6 Å². The van der Waals surface area contributed by atoms with Crippen molar-refractivity contribution in [2.24, 2.45) is 4.99 Å². The number of carboxylic acid groups (broad SMARTS) is 1. The number of hydrogen-bond donors (Lipinski definition) is 1. The van der Waals surface area contributed by atoms with Crippen LogP contribution in [-0.4, -0.2) is 23.7 Å². The van der Waals surface area contributed by atoms with Crippen LogP contribution < -0.4 is 15.2 Å². The number of aryl methyl sites for hydroxylation is 1. The van der Waals surface area contributed by atoms with E-state index in [4.69, 9.17) is 4.74 Å². The summed E-state index contributed by atoms with van der Waals surface area (Å²) in [6.45, 7) is 1.59. The number of carboxylic acids is 1. The third-order valence-electron chi connectivity index (χ3n) is 3.76. The molecule has 0 atom stereocenters. The molecule has 138 valence electrons. The van der Waals surface area contributed by atoms with Crippen molar-refractivity contribution >= 4 is 40.6 Å². The Hall–Kier alpha value is -3.06. The minimum Gasteiger partial charge on any atom is -0.546 e. The molecule has 0 aromatic heterocycles. The van der Waals surface area contributed by atoms with Crippen LogP contribution in [0.1, 0.15) is 18.1 Å². The summed E-state index contributed by atoms with van der Waals surface area (Å²) in [6.07, 6.45) is 2.71. The number of carbonyl (C=O) groups is 2. The molecule has 0 saturated carbocycles. The zero-order chi connectivity index (χ0) is 19.2. The topological polar surface area (TPSA) is 90.8 Å². The highest BCUT2D eigenvalue weighted by Crippen LogP contribution is 2.28. The minimum atomic E-state index is -1.28. The smallest absolute Gasteiger partial charge is 0.264 e. The van der Waals surface area contributed by atoms with Gasteiger partial charge in [-0.25, -0.2) is 4.99 Å². The zero-order valence-electron chi connectivity index (χ0n) is 14.6. The Balaban J connectivity index is 1.69. The molecule has 0 unspecified atom stereocenters. The standard InChI is InChI=1S/C20H18N2O4S/c1-2-13-3-7-15(8-4-13)21-20-22-19(25)17(27-20)11-14-5-9-16(10-6-14)26-12-18(23)24/h3-11H,2,12H2,1H3,(H,23,24)(H,21,22,25)/p-1/b17-11+. The van der Waals surface area contributed by atoms with E-state index in [1.54, 1.807) is 30.3 Å². The number of benzene rings is 2. The summed E-state index contributed by atoms with van der Waals surface area (Å²) in [5, 5.41) is 13.7. The number of amides is 1. The highest BCUT2D eigenvalue weighted by Gasteiger charge is 2.23. The van der Waals surface area contributed by atoms with Crippen LogP contribution in [0.25, 0.3) is 6.08 Å². The lowest BCUT2D eigenvalue weighted by Crippen LogP contribution is -2.28. The molecule has 1 heterocycles. The van der Waals surface area contributed by atoms with Crippen LogP contribution in [0.2, 0.25) is 0 Å². The summed E-state index contributed by atoms with van der Waals surface area (Å²) in [6, 6.07) is 14.6. The Morgan fingerprint density at radius 2 is 1.89 bits per heavy atom. The second-order valence-electron chi connectivity index (χ2n) is 5.73. The molecule has 0 bridgehead atoms. The fourth-order valence-electron chi connectivity index (χ4n) is 2.36. The van der Waals surface area contributed by atoms with Crippen molar-refractivity contribution in [3.63, 3.8) is 0 Å². The molecule has 0 radical (unpaired) electrons. The number of amidine groups is 1. The molecular weight excluding hydrogens is 364 g/mol. The lowest BCUT2D eigenvalue weighted by atomic mass is 10.2. The maximum absolute atomic E-state index is 12.1. The Morgan fingerprint density at radius 3 is 2.52 bits per heavy atom. The number of hydrogen-bond acceptors (Lipinski definition) is 6. The zero-order valence-corrected chi connectivity index (χ0v) is 15.4. The van der Waals surface area contributed by atoms with Crippen molar-refractivity contribution in [1.82, 2.24) is 5.32 Å². The van der Waals surface area contributed by atoms with E-state index >= 15 is 0 Å². The quantitative estimate of drug-likeness (QED) is 0.775. The number of nitrogens with zero attached hydrogens (tertiary/aromatic N) is 1. The highest BCUT2D eigenvalue weighted by atomic mass is 32.2. The first-order valence-corrected chi connectivity index (χ1v) is 9.16. The summed E-state index contributed by atoms with van der Waals surface area (Å²) in [5.41, 5.74) is 2.81. The molecule has 0 aliphatic carbocycles.